The van der Waals surface area contributed by atoms with Crippen molar-refractivity contribution >= 4 is 17.3 Å². The summed E-state index contributed by atoms with van der Waals surface area (Å²) in [7, 11) is 2.13. The number of benzene rings is 1. The number of hydrogen-bond donors (Lipinski definition) is 1. The van der Waals surface area contributed by atoms with Crippen LogP contribution < -0.4 is 15.0 Å². The van der Waals surface area contributed by atoms with Gasteiger partial charge in [0.2, 0.25) is 0 Å². The Balaban J connectivity index is 1.22. The van der Waals surface area contributed by atoms with E-state index in [1.807, 2.05) is 41.4 Å². The number of piperazine rings is 1. The van der Waals surface area contributed by atoms with Gasteiger partial charge in [0.15, 0.2) is 11.6 Å². The quantitative estimate of drug-likeness (QED) is 0.429. The Hall–Kier alpha value is -4.32. The summed E-state index contributed by atoms with van der Waals surface area (Å²) >= 11 is 0. The molecule has 2 fully saturated rings. The van der Waals surface area contributed by atoms with Gasteiger partial charge in [-0.25, -0.2) is 14.6 Å². The molecular weight excluding hydrogens is 484 g/mol. The minimum absolute atomic E-state index is 0.315. The standard InChI is InChI=1S/C26H28N10O2/c1-33-7-9-34(10-8-33)23-14-27-20(13-22(23)35-15-21(28-16-35)17-5-6-17)26(37)29-19-4-2-3-18-24(19)38-12-11-36-25(18)30-31-32-36/h2-4,13-17H,5-12H2,1H3,(H,29,37). The SMILES string of the molecule is CN1CCN(c2cnc(C(=O)Nc3cccc4c3OCCn3nnnc3-4)cc2-n2cnc(C3CC3)c2)CC1. The molecule has 4 aromatic rings. The second-order valence-corrected chi connectivity index (χ2v) is 10.0. The molecule has 0 unspecified atom stereocenters. The predicted octanol–water partition coefficient (Wildman–Crippen LogP) is 2.19. The van der Waals surface area contributed by atoms with E-state index < -0.39 is 0 Å². The van der Waals surface area contributed by atoms with Crippen molar-refractivity contribution < 1.29 is 9.53 Å². The van der Waals surface area contributed by atoms with Crippen molar-refractivity contribution in [2.24, 2.45) is 0 Å². The maximum absolute atomic E-state index is 13.5. The van der Waals surface area contributed by atoms with Crippen LogP contribution in [0.2, 0.25) is 0 Å². The number of anilines is 2. The van der Waals surface area contributed by atoms with Gasteiger partial charge in [-0.2, -0.15) is 0 Å². The van der Waals surface area contributed by atoms with Crippen LogP contribution in [0.15, 0.2) is 43.0 Å². The van der Waals surface area contributed by atoms with E-state index in [4.69, 9.17) is 4.74 Å². The van der Waals surface area contributed by atoms with E-state index in [-0.39, 0.29) is 5.91 Å². The summed E-state index contributed by atoms with van der Waals surface area (Å²) in [6.07, 6.45) is 8.11. The average molecular weight is 513 g/mol. The minimum Gasteiger partial charge on any atom is -0.489 e. The number of amides is 1. The van der Waals surface area contributed by atoms with E-state index in [1.54, 1.807) is 4.68 Å². The third kappa shape index (κ3) is 4.16. The van der Waals surface area contributed by atoms with E-state index in [2.05, 4.69) is 53.9 Å². The second-order valence-electron chi connectivity index (χ2n) is 10.0. The van der Waals surface area contributed by atoms with Crippen molar-refractivity contribution in [1.29, 1.82) is 0 Å². The lowest BCUT2D eigenvalue weighted by Gasteiger charge is -2.35. The van der Waals surface area contributed by atoms with Crippen LogP contribution >= 0.6 is 0 Å². The highest BCUT2D eigenvalue weighted by atomic mass is 16.5. The van der Waals surface area contributed by atoms with Gasteiger partial charge >= 0.3 is 0 Å². The Labute approximate surface area is 219 Å². The van der Waals surface area contributed by atoms with Gasteiger partial charge in [-0.05, 0) is 48.5 Å². The molecule has 38 heavy (non-hydrogen) atoms. The van der Waals surface area contributed by atoms with Gasteiger partial charge in [-0.1, -0.05) is 6.07 Å². The number of nitrogens with zero attached hydrogens (tertiary/aromatic N) is 9. The van der Waals surface area contributed by atoms with Crippen molar-refractivity contribution in [1.82, 2.24) is 39.6 Å². The lowest BCUT2D eigenvalue weighted by molar-refractivity contribution is 0.102. The highest BCUT2D eigenvalue weighted by Gasteiger charge is 2.27. The van der Waals surface area contributed by atoms with Crippen LogP contribution in [0.3, 0.4) is 0 Å². The number of hydrogen-bond acceptors (Lipinski definition) is 9. The number of nitrogens with one attached hydrogen (secondary N) is 1. The van der Waals surface area contributed by atoms with Crippen molar-refractivity contribution in [3.63, 3.8) is 0 Å². The third-order valence-electron chi connectivity index (χ3n) is 7.40. The number of pyridine rings is 1. The summed E-state index contributed by atoms with van der Waals surface area (Å²) < 4.78 is 9.72. The Bertz CT molecular complexity index is 1500. The smallest absolute Gasteiger partial charge is 0.274 e. The van der Waals surface area contributed by atoms with Gasteiger partial charge in [0, 0.05) is 38.3 Å². The Morgan fingerprint density at radius 2 is 1.95 bits per heavy atom. The zero-order chi connectivity index (χ0) is 25.6. The first-order valence-corrected chi connectivity index (χ1v) is 13.0. The number of imidazole rings is 1. The van der Waals surface area contributed by atoms with Crippen molar-refractivity contribution in [2.45, 2.75) is 25.3 Å². The number of tetrazole rings is 1. The van der Waals surface area contributed by atoms with Crippen LogP contribution in [0.5, 0.6) is 5.75 Å². The fourth-order valence-electron chi connectivity index (χ4n) is 5.05. The van der Waals surface area contributed by atoms with Gasteiger partial charge in [-0.15, -0.1) is 5.10 Å². The first-order valence-electron chi connectivity index (χ1n) is 13.0. The maximum Gasteiger partial charge on any atom is 0.274 e. The molecule has 1 amide bonds. The van der Waals surface area contributed by atoms with Gasteiger partial charge < -0.3 is 24.4 Å². The van der Waals surface area contributed by atoms with Crippen LogP contribution in [0.4, 0.5) is 11.4 Å². The molecule has 1 saturated heterocycles. The Morgan fingerprint density at radius 3 is 2.79 bits per heavy atom. The Morgan fingerprint density at radius 1 is 1.08 bits per heavy atom. The average Bonchev–Trinajstić information content (AvgIpc) is 3.54. The molecule has 12 nitrogen and oxygen atoms in total. The van der Waals surface area contributed by atoms with E-state index in [1.165, 1.54) is 12.8 Å². The first kappa shape index (κ1) is 22.8. The molecule has 1 saturated carbocycles. The topological polar surface area (TPSA) is 119 Å². The number of likely N-dealkylation sites (N-methyl/N-ethyl adjacent to an activating group) is 1. The molecule has 2 aliphatic heterocycles. The molecule has 3 aromatic heterocycles. The third-order valence-corrected chi connectivity index (χ3v) is 7.40. The molecule has 0 spiro atoms. The number of aromatic nitrogens is 7. The molecular formula is C26H28N10O2. The van der Waals surface area contributed by atoms with E-state index in [0.29, 0.717) is 42.0 Å². The normalized spacial score (nSPS) is 17.3. The van der Waals surface area contributed by atoms with E-state index in [0.717, 1.165) is 48.8 Å². The lowest BCUT2D eigenvalue weighted by Crippen LogP contribution is -2.44. The van der Waals surface area contributed by atoms with Gasteiger partial charge in [-0.3, -0.25) is 4.79 Å². The fourth-order valence-corrected chi connectivity index (χ4v) is 5.05. The molecule has 1 N–H and O–H groups in total. The Kier molecular flexibility index (Phi) is 5.54. The molecule has 0 atom stereocenters. The number of carbonyl (C=O) groups excluding carboxylic acids is 1. The van der Waals surface area contributed by atoms with E-state index >= 15 is 0 Å². The highest BCUT2D eigenvalue weighted by molar-refractivity contribution is 6.05. The fraction of sp³-hybridized carbons (Fsp3) is 0.385. The highest BCUT2D eigenvalue weighted by Crippen LogP contribution is 2.40. The molecule has 12 heteroatoms. The number of fused-ring (bicyclic) bond motifs is 3. The summed E-state index contributed by atoms with van der Waals surface area (Å²) in [5, 5.41) is 15.0. The summed E-state index contributed by atoms with van der Waals surface area (Å²) in [4.78, 5) is 27.4. The number of para-hydroxylation sites is 1. The predicted molar refractivity (Wildman–Crippen MR) is 140 cm³/mol. The second kappa shape index (κ2) is 9.21. The zero-order valence-electron chi connectivity index (χ0n) is 21.1. The molecule has 0 radical (unpaired) electrons. The van der Waals surface area contributed by atoms with E-state index in [9.17, 15) is 4.79 Å². The molecule has 194 valence electrons. The van der Waals surface area contributed by atoms with Crippen molar-refractivity contribution in [3.8, 4) is 22.8 Å². The number of carbonyl (C=O) groups is 1. The molecule has 1 aromatic carbocycles. The zero-order valence-corrected chi connectivity index (χ0v) is 21.1. The number of rotatable bonds is 5. The maximum atomic E-state index is 13.5. The molecule has 3 aliphatic rings. The van der Waals surface area contributed by atoms with Crippen molar-refractivity contribution in [2.75, 3.05) is 50.1 Å². The molecule has 0 bridgehead atoms. The summed E-state index contributed by atoms with van der Waals surface area (Å²) in [6, 6.07) is 7.40. The minimum atomic E-state index is -0.320. The summed E-state index contributed by atoms with van der Waals surface area (Å²) in [5.41, 5.74) is 4.60. The summed E-state index contributed by atoms with van der Waals surface area (Å²) in [6.45, 7) is 4.66. The first-order chi connectivity index (χ1) is 18.6. The lowest BCUT2D eigenvalue weighted by atomic mass is 10.1. The van der Waals surface area contributed by atoms with Crippen LogP contribution in [0, 0.1) is 0 Å². The van der Waals surface area contributed by atoms with Gasteiger partial charge in [0.05, 0.1) is 47.4 Å². The largest absolute Gasteiger partial charge is 0.489 e. The number of ether oxygens (including phenoxy) is 1. The van der Waals surface area contributed by atoms with Crippen LogP contribution in [0.25, 0.3) is 17.1 Å². The molecule has 1 aliphatic carbocycles. The summed E-state index contributed by atoms with van der Waals surface area (Å²) in [5.74, 6) is 1.38. The van der Waals surface area contributed by atoms with Gasteiger partial charge in [0.25, 0.3) is 5.91 Å². The molecule has 5 heterocycles. The monoisotopic (exact) mass is 512 g/mol. The van der Waals surface area contributed by atoms with Crippen LogP contribution in [-0.4, -0.2) is 85.4 Å². The van der Waals surface area contributed by atoms with Crippen LogP contribution in [-0.2, 0) is 6.54 Å². The van der Waals surface area contributed by atoms with Gasteiger partial charge in [0.1, 0.15) is 12.3 Å². The van der Waals surface area contributed by atoms with Crippen molar-refractivity contribution in [3.05, 3.63) is 54.4 Å². The van der Waals surface area contributed by atoms with Crippen LogP contribution in [0.1, 0.15) is 34.9 Å². The molecule has 7 rings (SSSR count).